The van der Waals surface area contributed by atoms with E-state index in [9.17, 15) is 9.90 Å². The van der Waals surface area contributed by atoms with E-state index in [1.807, 2.05) is 0 Å². The van der Waals surface area contributed by atoms with E-state index in [-0.39, 0.29) is 6.54 Å². The van der Waals surface area contributed by atoms with Crippen molar-refractivity contribution in [1.82, 2.24) is 0 Å². The third-order valence-corrected chi connectivity index (χ3v) is 3.40. The third-order valence-electron chi connectivity index (χ3n) is 2.18. The van der Waals surface area contributed by atoms with Crippen molar-refractivity contribution in [3.8, 4) is 0 Å². The predicted octanol–water partition coefficient (Wildman–Crippen LogP) is 2.44. The summed E-state index contributed by atoms with van der Waals surface area (Å²) in [4.78, 5) is 11.2. The number of rotatable bonds is 4. The summed E-state index contributed by atoms with van der Waals surface area (Å²) < 4.78 is 5.22. The van der Waals surface area contributed by atoms with Gasteiger partial charge in [0, 0.05) is 10.2 Å². The summed E-state index contributed by atoms with van der Waals surface area (Å²) in [6, 6.07) is 5.22. The quantitative estimate of drug-likeness (QED) is 0.836. The molecule has 1 unspecified atom stereocenters. The number of carbonyl (C=O) groups excluding carboxylic acids is 1. The molecule has 0 heterocycles. The highest BCUT2D eigenvalue weighted by atomic mass is 79.9. The summed E-state index contributed by atoms with van der Waals surface area (Å²) in [5.41, 5.74) is -0.827. The van der Waals surface area contributed by atoms with Crippen LogP contribution in [0.4, 0.5) is 5.69 Å². The molecule has 0 spiro atoms. The molecule has 0 bridgehead atoms. The summed E-state index contributed by atoms with van der Waals surface area (Å²) in [6.07, 6.45) is 0. The summed E-state index contributed by atoms with van der Waals surface area (Å²) in [7, 11) is 1.23. The van der Waals surface area contributed by atoms with Crippen LogP contribution in [0.25, 0.3) is 0 Å². The van der Waals surface area contributed by atoms with Gasteiger partial charge in [-0.05, 0) is 41.1 Å². The molecule has 1 aromatic rings. The lowest BCUT2D eigenvalue weighted by Gasteiger charge is -2.21. The number of carbonyl (C=O) groups is 1. The minimum atomic E-state index is -1.57. The fourth-order valence-electron chi connectivity index (χ4n) is 1.17. The van der Waals surface area contributed by atoms with Crippen molar-refractivity contribution >= 4 is 39.2 Å². The van der Waals surface area contributed by atoms with Crippen molar-refractivity contribution in [2.45, 2.75) is 12.5 Å². The van der Waals surface area contributed by atoms with Crippen molar-refractivity contribution in [1.29, 1.82) is 0 Å². The van der Waals surface area contributed by atoms with E-state index in [0.29, 0.717) is 5.02 Å². The largest absolute Gasteiger partial charge is 0.467 e. The van der Waals surface area contributed by atoms with Crippen LogP contribution in [-0.2, 0) is 9.53 Å². The van der Waals surface area contributed by atoms with Crippen LogP contribution < -0.4 is 5.32 Å². The van der Waals surface area contributed by atoms with E-state index in [2.05, 4.69) is 26.0 Å². The maximum atomic E-state index is 11.2. The van der Waals surface area contributed by atoms with Crippen LogP contribution in [0.5, 0.6) is 0 Å². The first kappa shape index (κ1) is 14.3. The standard InChI is InChI=1S/C11H13BrClNO3/c1-11(16,10(15)17-2)6-14-7-3-4-9(13)8(12)5-7/h3-5,14,16H,6H2,1-2H3. The third kappa shape index (κ3) is 3.87. The molecule has 0 saturated carbocycles. The number of aliphatic hydroxyl groups is 1. The van der Waals surface area contributed by atoms with E-state index in [1.54, 1.807) is 18.2 Å². The lowest BCUT2D eigenvalue weighted by Crippen LogP contribution is -2.42. The lowest BCUT2D eigenvalue weighted by molar-refractivity contribution is -0.158. The molecule has 17 heavy (non-hydrogen) atoms. The Kier molecular flexibility index (Phi) is 4.80. The van der Waals surface area contributed by atoms with Gasteiger partial charge in [0.2, 0.25) is 0 Å². The summed E-state index contributed by atoms with van der Waals surface area (Å²) >= 11 is 9.13. The van der Waals surface area contributed by atoms with Crippen molar-refractivity contribution in [2.24, 2.45) is 0 Å². The Morgan fingerprint density at radius 2 is 2.29 bits per heavy atom. The van der Waals surface area contributed by atoms with Crippen LogP contribution in [0.3, 0.4) is 0 Å². The molecule has 1 rings (SSSR count). The van der Waals surface area contributed by atoms with Crippen molar-refractivity contribution in [3.05, 3.63) is 27.7 Å². The second kappa shape index (κ2) is 5.71. The van der Waals surface area contributed by atoms with Gasteiger partial charge in [-0.1, -0.05) is 11.6 Å². The minimum Gasteiger partial charge on any atom is -0.467 e. The average molecular weight is 323 g/mol. The Morgan fingerprint density at radius 1 is 1.65 bits per heavy atom. The number of hydrogen-bond donors (Lipinski definition) is 2. The molecule has 0 aliphatic rings. The number of halogens is 2. The molecule has 94 valence electrons. The highest BCUT2D eigenvalue weighted by molar-refractivity contribution is 9.10. The number of anilines is 1. The summed E-state index contributed by atoms with van der Waals surface area (Å²) in [5, 5.41) is 13.3. The molecule has 0 saturated heterocycles. The molecule has 6 heteroatoms. The van der Waals surface area contributed by atoms with E-state index < -0.39 is 11.6 Å². The molecular formula is C11H13BrClNO3. The number of esters is 1. The molecule has 0 aromatic heterocycles. The highest BCUT2D eigenvalue weighted by Gasteiger charge is 2.31. The summed E-state index contributed by atoms with van der Waals surface area (Å²) in [5.74, 6) is -0.682. The van der Waals surface area contributed by atoms with Gasteiger partial charge in [0.15, 0.2) is 5.60 Å². The van der Waals surface area contributed by atoms with Crippen molar-refractivity contribution in [2.75, 3.05) is 19.0 Å². The molecule has 0 amide bonds. The number of ether oxygens (including phenoxy) is 1. The van der Waals surface area contributed by atoms with Crippen molar-refractivity contribution in [3.63, 3.8) is 0 Å². The van der Waals surface area contributed by atoms with Gasteiger partial charge in [0.05, 0.1) is 18.7 Å². The molecule has 1 aromatic carbocycles. The fraction of sp³-hybridized carbons (Fsp3) is 0.364. The van der Waals surface area contributed by atoms with Gasteiger partial charge in [-0.15, -0.1) is 0 Å². The molecule has 0 radical (unpaired) electrons. The molecule has 1 atom stereocenters. The lowest BCUT2D eigenvalue weighted by atomic mass is 10.1. The first-order valence-electron chi connectivity index (χ1n) is 4.86. The molecule has 0 aliphatic heterocycles. The van der Waals surface area contributed by atoms with E-state index in [1.165, 1.54) is 14.0 Å². The molecule has 0 fully saturated rings. The SMILES string of the molecule is COC(=O)C(C)(O)CNc1ccc(Cl)c(Br)c1. The van der Waals surface area contributed by atoms with Gasteiger partial charge >= 0.3 is 5.97 Å². The zero-order chi connectivity index (χ0) is 13.1. The first-order valence-corrected chi connectivity index (χ1v) is 6.03. The van der Waals surface area contributed by atoms with Gasteiger partial charge in [-0.25, -0.2) is 4.79 Å². The Balaban J connectivity index is 2.67. The van der Waals surface area contributed by atoms with Gasteiger partial charge in [0.1, 0.15) is 0 Å². The van der Waals surface area contributed by atoms with E-state index in [0.717, 1.165) is 10.2 Å². The number of methoxy groups -OCH3 is 1. The number of nitrogens with one attached hydrogen (secondary N) is 1. The highest BCUT2D eigenvalue weighted by Crippen LogP contribution is 2.25. The van der Waals surface area contributed by atoms with Crippen LogP contribution in [0.2, 0.25) is 5.02 Å². The zero-order valence-electron chi connectivity index (χ0n) is 9.46. The average Bonchev–Trinajstić information content (AvgIpc) is 2.29. The van der Waals surface area contributed by atoms with Crippen LogP contribution in [0.15, 0.2) is 22.7 Å². The maximum Gasteiger partial charge on any atom is 0.339 e. The van der Waals surface area contributed by atoms with Crippen LogP contribution in [0.1, 0.15) is 6.92 Å². The minimum absolute atomic E-state index is 0.0494. The fourth-order valence-corrected chi connectivity index (χ4v) is 1.67. The monoisotopic (exact) mass is 321 g/mol. The molecular weight excluding hydrogens is 309 g/mol. The number of benzene rings is 1. The van der Waals surface area contributed by atoms with Gasteiger partial charge in [-0.2, -0.15) is 0 Å². The topological polar surface area (TPSA) is 58.6 Å². The van der Waals surface area contributed by atoms with Crippen LogP contribution >= 0.6 is 27.5 Å². The van der Waals surface area contributed by atoms with Crippen molar-refractivity contribution < 1.29 is 14.6 Å². The van der Waals surface area contributed by atoms with Crippen LogP contribution in [-0.4, -0.2) is 30.3 Å². The van der Waals surface area contributed by atoms with E-state index in [4.69, 9.17) is 11.6 Å². The molecule has 4 nitrogen and oxygen atoms in total. The maximum absolute atomic E-state index is 11.2. The van der Waals surface area contributed by atoms with Crippen LogP contribution in [0, 0.1) is 0 Å². The Bertz CT molecular complexity index is 423. The Morgan fingerprint density at radius 3 is 2.82 bits per heavy atom. The van der Waals surface area contributed by atoms with Gasteiger partial charge in [0.25, 0.3) is 0 Å². The molecule has 0 aliphatic carbocycles. The summed E-state index contributed by atoms with van der Waals surface area (Å²) in [6.45, 7) is 1.44. The first-order chi connectivity index (χ1) is 7.86. The van der Waals surface area contributed by atoms with Gasteiger partial charge < -0.3 is 15.2 Å². The number of hydrogen-bond acceptors (Lipinski definition) is 4. The molecule has 2 N–H and O–H groups in total. The Labute approximate surface area is 113 Å². The second-order valence-corrected chi connectivity index (χ2v) is 5.01. The normalized spacial score (nSPS) is 13.9. The second-order valence-electron chi connectivity index (χ2n) is 3.75. The smallest absolute Gasteiger partial charge is 0.339 e. The van der Waals surface area contributed by atoms with Gasteiger partial charge in [-0.3, -0.25) is 0 Å². The zero-order valence-corrected chi connectivity index (χ0v) is 11.8. The predicted molar refractivity (Wildman–Crippen MR) is 70.3 cm³/mol. The van der Waals surface area contributed by atoms with E-state index >= 15 is 0 Å². The Hall–Kier alpha value is -0.780.